The van der Waals surface area contributed by atoms with Crippen LogP contribution in [0, 0.1) is 63.7 Å². The SMILES string of the molecule is Cc1cn(Cc2ccc(Cl)cc2)c(=O)[nH]c1=O.Cc1cn(Cc2ccc(F)c(F)c2)c(=O)[nH]c1=O.Cc1cn(Cc2ccc(F)cc2)c(=O)[nH]c1=O.Cc1cn(Cc2cccc(F)c2)c(=O)[nH]c1=O.Cc1cn(Cc2ccccc2)c(=O)[nH]c1=O.O=c1[nH]c(=O)n(Cc2ccccc2)cc1Br.O=c1[nH]c(=O)n(Cc2ccccc2)cc1F. The van der Waals surface area contributed by atoms with Gasteiger partial charge in [-0.1, -0.05) is 145 Å². The van der Waals surface area contributed by atoms with Gasteiger partial charge >= 0.3 is 39.8 Å². The largest absolute Gasteiger partial charge is 0.328 e. The molecule has 0 fully saturated rings. The zero-order chi connectivity index (χ0) is 85.2. The fraction of sp³-hybridized carbons (Fsp3) is 0.146. The monoisotopic (exact) mass is 1690 g/mol. The van der Waals surface area contributed by atoms with E-state index < -0.39 is 73.8 Å². The molecule has 28 nitrogen and oxygen atoms in total. The number of H-pyrrole nitrogens is 7. The number of hydrogen-bond acceptors (Lipinski definition) is 14. The standard InChI is InChI=1S/C12H11ClN2O2.C12H10F2N2O2.2C12H11FN2O2.C12H12N2O2.C11H9BrN2O2.C11H9FN2O2/c1-8-6-15(12(17)14-11(8)16)7-9-2-4-10(13)5-3-9;1-7-5-16(12(18)15-11(7)17)6-8-2-3-9(13)10(14)4-8;1-8-6-15(12(17)14-11(8)16)7-9-2-4-10(13)5-3-9;1-8-6-15(12(17)14-11(8)16)7-9-3-2-4-10(13)5-9;1-9-7-14(12(16)13-11(9)15)8-10-5-3-2-4-6-10;2*12-9-7-14(11(16)13-10(9)15)6-8-4-2-1-3-5-8/h2-6H,7H2,1H3,(H,14,16,17);2-5H,6H2,1H3,(H,15,17,18);2*2-6H,7H2,1H3,(H,14,16,17);2-7H,8H2,1H3,(H,13,15,16);2*1-5,7H,6H2,(H,13,15,16). The molecule has 604 valence electrons. The predicted octanol–water partition coefficient (Wildman–Crippen LogP) is 7.75. The molecule has 117 heavy (non-hydrogen) atoms. The first-order chi connectivity index (χ1) is 55.6. The highest BCUT2D eigenvalue weighted by atomic mass is 79.9. The van der Waals surface area contributed by atoms with Crippen molar-refractivity contribution in [3.63, 3.8) is 0 Å². The second kappa shape index (κ2) is 42.0. The van der Waals surface area contributed by atoms with Crippen LogP contribution in [0.3, 0.4) is 0 Å². The van der Waals surface area contributed by atoms with Crippen molar-refractivity contribution >= 4 is 27.5 Å². The number of aromatic amines is 7. The van der Waals surface area contributed by atoms with Crippen LogP contribution in [0.1, 0.15) is 66.8 Å². The summed E-state index contributed by atoms with van der Waals surface area (Å²) in [5.41, 5.74) is 1.39. The Hall–Kier alpha value is -14.3. The molecule has 0 aliphatic heterocycles. The Morgan fingerprint density at radius 3 is 0.855 bits per heavy atom. The van der Waals surface area contributed by atoms with Crippen LogP contribution in [0.4, 0.5) is 22.0 Å². The second-order valence-electron chi connectivity index (χ2n) is 25.8. The summed E-state index contributed by atoms with van der Waals surface area (Å²) in [5.74, 6) is -3.54. The molecular weight excluding hydrogens is 1620 g/mol. The molecule has 0 aliphatic carbocycles. The van der Waals surface area contributed by atoms with Crippen molar-refractivity contribution in [2.45, 2.75) is 80.4 Å². The van der Waals surface area contributed by atoms with E-state index in [1.54, 1.807) is 83.4 Å². The van der Waals surface area contributed by atoms with E-state index in [2.05, 4.69) is 45.8 Å². The van der Waals surface area contributed by atoms with Gasteiger partial charge in [-0.15, -0.1) is 0 Å². The van der Waals surface area contributed by atoms with Crippen molar-refractivity contribution in [1.82, 2.24) is 66.9 Å². The molecule has 0 saturated carbocycles. The van der Waals surface area contributed by atoms with Crippen molar-refractivity contribution in [2.75, 3.05) is 0 Å². The maximum Gasteiger partial charge on any atom is 0.328 e. The van der Waals surface area contributed by atoms with Crippen LogP contribution in [0.25, 0.3) is 0 Å². The molecule has 14 aromatic rings. The average molecular weight is 1690 g/mol. The number of aryl methyl sites for hydroxylation is 5. The van der Waals surface area contributed by atoms with Crippen LogP contribution in [0.2, 0.25) is 5.02 Å². The average Bonchev–Trinajstić information content (AvgIpc) is 0.872. The van der Waals surface area contributed by atoms with E-state index in [1.165, 1.54) is 82.5 Å². The Balaban J connectivity index is 0.000000170. The minimum absolute atomic E-state index is 0.0631. The highest BCUT2D eigenvalue weighted by molar-refractivity contribution is 9.10. The van der Waals surface area contributed by atoms with Gasteiger partial charge in [0.15, 0.2) is 11.6 Å². The van der Waals surface area contributed by atoms with Gasteiger partial charge in [-0.3, -0.25) is 100 Å². The van der Waals surface area contributed by atoms with E-state index >= 15 is 0 Å². The molecule has 0 aliphatic rings. The molecule has 7 aromatic heterocycles. The number of nitrogens with zero attached hydrogens (tertiary/aromatic N) is 7. The van der Waals surface area contributed by atoms with Crippen LogP contribution in [-0.2, 0) is 45.8 Å². The Morgan fingerprint density at radius 1 is 0.256 bits per heavy atom. The van der Waals surface area contributed by atoms with Gasteiger partial charge in [0.05, 0.1) is 56.5 Å². The second-order valence-corrected chi connectivity index (χ2v) is 27.1. The number of hydrogen-bond donors (Lipinski definition) is 7. The summed E-state index contributed by atoms with van der Waals surface area (Å²) in [6.07, 6.45) is 9.87. The third-order valence-electron chi connectivity index (χ3n) is 16.6. The van der Waals surface area contributed by atoms with E-state index in [-0.39, 0.29) is 53.6 Å². The summed E-state index contributed by atoms with van der Waals surface area (Å²) in [4.78, 5) is 173. The van der Waals surface area contributed by atoms with Crippen molar-refractivity contribution in [3.05, 3.63) is 477 Å². The molecule has 7 N–H and O–H groups in total. The van der Waals surface area contributed by atoms with Crippen molar-refractivity contribution in [3.8, 4) is 0 Å². The molecule has 0 atom stereocenters. The molecule has 0 unspecified atom stereocenters. The van der Waals surface area contributed by atoms with Crippen molar-refractivity contribution < 1.29 is 22.0 Å². The summed E-state index contributed by atoms with van der Waals surface area (Å²) >= 11 is 8.87. The Bertz CT molecular complexity index is 6340. The smallest absolute Gasteiger partial charge is 0.296 e. The third kappa shape index (κ3) is 27.2. The predicted molar refractivity (Wildman–Crippen MR) is 434 cm³/mol. The summed E-state index contributed by atoms with van der Waals surface area (Å²) in [5, 5.41) is 0.652. The molecule has 0 amide bonds. The molecule has 7 heterocycles. The van der Waals surface area contributed by atoms with Gasteiger partial charge in [0.1, 0.15) is 11.6 Å². The summed E-state index contributed by atoms with van der Waals surface area (Å²) < 4.78 is 74.2. The molecule has 14 rings (SSSR count). The minimum Gasteiger partial charge on any atom is -0.296 e. The van der Waals surface area contributed by atoms with Gasteiger partial charge in [-0.05, 0) is 138 Å². The molecule has 0 spiro atoms. The first-order valence-electron chi connectivity index (χ1n) is 34.9. The third-order valence-corrected chi connectivity index (χ3v) is 17.4. The number of nitrogens with one attached hydrogen (secondary N) is 7. The quantitative estimate of drug-likeness (QED) is 0.0512. The molecule has 7 aromatic carbocycles. The highest BCUT2D eigenvalue weighted by Crippen LogP contribution is 2.13. The lowest BCUT2D eigenvalue weighted by Crippen LogP contribution is -2.31. The molecule has 0 bridgehead atoms. The molecular formula is C82H73BrClF5N14O14. The zero-order valence-corrected chi connectivity index (χ0v) is 65.1. The lowest BCUT2D eigenvalue weighted by molar-refractivity contribution is 0.506. The lowest BCUT2D eigenvalue weighted by atomic mass is 10.2. The van der Waals surface area contributed by atoms with Gasteiger partial charge in [-0.2, -0.15) is 4.39 Å². The topological polar surface area (TPSA) is 384 Å². The number of aromatic nitrogens is 14. The van der Waals surface area contributed by atoms with Crippen LogP contribution in [-0.4, -0.2) is 66.9 Å². The first kappa shape index (κ1) is 88.3. The fourth-order valence-electron chi connectivity index (χ4n) is 10.5. The zero-order valence-electron chi connectivity index (χ0n) is 62.8. The summed E-state index contributed by atoms with van der Waals surface area (Å²) in [7, 11) is 0. The van der Waals surface area contributed by atoms with Gasteiger partial charge in [0.25, 0.3) is 38.9 Å². The van der Waals surface area contributed by atoms with E-state index in [9.17, 15) is 89.1 Å². The van der Waals surface area contributed by atoms with Crippen LogP contribution < -0.4 is 78.7 Å². The first-order valence-corrected chi connectivity index (χ1v) is 36.1. The van der Waals surface area contributed by atoms with Gasteiger partial charge < -0.3 is 0 Å². The molecule has 0 saturated heterocycles. The van der Waals surface area contributed by atoms with Gasteiger partial charge in [0, 0.05) is 70.0 Å². The molecule has 35 heteroatoms. The Labute approximate surface area is 669 Å². The van der Waals surface area contributed by atoms with Gasteiger partial charge in [0.2, 0.25) is 5.82 Å². The Morgan fingerprint density at radius 2 is 0.521 bits per heavy atom. The van der Waals surface area contributed by atoms with Crippen molar-refractivity contribution in [2.24, 2.45) is 0 Å². The van der Waals surface area contributed by atoms with Crippen LogP contribution in [0.15, 0.2) is 297 Å². The van der Waals surface area contributed by atoms with E-state index in [0.29, 0.717) is 74.6 Å². The fourth-order valence-corrected chi connectivity index (χ4v) is 10.9. The molecule has 0 radical (unpaired) electrons. The highest BCUT2D eigenvalue weighted by Gasteiger charge is 2.11. The number of rotatable bonds is 14. The van der Waals surface area contributed by atoms with Gasteiger partial charge in [-0.25, -0.2) is 51.1 Å². The van der Waals surface area contributed by atoms with E-state index in [4.69, 9.17) is 11.6 Å². The normalized spacial score (nSPS) is 10.4. The summed E-state index contributed by atoms with van der Waals surface area (Å²) in [6.45, 7) is 10.3. The Kier molecular flexibility index (Phi) is 31.7. The maximum atomic E-state index is 13.0. The number of halogens is 7. The van der Waals surface area contributed by atoms with E-state index in [1.807, 2.05) is 108 Å². The minimum atomic E-state index is -0.991. The van der Waals surface area contributed by atoms with Crippen LogP contribution in [0.5, 0.6) is 0 Å². The lowest BCUT2D eigenvalue weighted by Gasteiger charge is -2.06. The van der Waals surface area contributed by atoms with Crippen LogP contribution >= 0.6 is 27.5 Å². The number of benzene rings is 7. The summed E-state index contributed by atoms with van der Waals surface area (Å²) in [6, 6.07) is 50.8. The maximum absolute atomic E-state index is 13.0. The van der Waals surface area contributed by atoms with Crippen molar-refractivity contribution in [1.29, 1.82) is 0 Å². The van der Waals surface area contributed by atoms with E-state index in [0.717, 1.165) is 50.7 Å².